The lowest BCUT2D eigenvalue weighted by Crippen LogP contribution is -2.32. The van der Waals surface area contributed by atoms with Gasteiger partial charge in [-0.15, -0.1) is 11.3 Å². The molecular formula is C20H23N5O2S. The molecule has 3 aromatic rings. The molecule has 1 aliphatic heterocycles. The molecule has 3 aromatic heterocycles. The third-order valence-electron chi connectivity index (χ3n) is 5.30. The smallest absolute Gasteiger partial charge is 0.273 e. The van der Waals surface area contributed by atoms with Crippen molar-refractivity contribution in [2.75, 3.05) is 13.1 Å². The average Bonchev–Trinajstić information content (AvgIpc) is 3.27. The van der Waals surface area contributed by atoms with Crippen LogP contribution in [0, 0.1) is 19.8 Å². The van der Waals surface area contributed by atoms with Crippen LogP contribution in [-0.2, 0) is 6.42 Å². The third-order valence-corrected chi connectivity index (χ3v) is 5.88. The first-order valence-corrected chi connectivity index (χ1v) is 10.5. The van der Waals surface area contributed by atoms with Gasteiger partial charge in [-0.1, -0.05) is 5.16 Å². The molecule has 0 spiro atoms. The van der Waals surface area contributed by atoms with E-state index in [2.05, 4.69) is 20.1 Å². The molecule has 1 atom stereocenters. The summed E-state index contributed by atoms with van der Waals surface area (Å²) in [5.74, 6) is 1.32. The largest absolute Gasteiger partial charge is 0.361 e. The quantitative estimate of drug-likeness (QED) is 0.667. The van der Waals surface area contributed by atoms with E-state index in [0.29, 0.717) is 11.6 Å². The molecule has 0 unspecified atom stereocenters. The number of amides is 1. The highest BCUT2D eigenvalue weighted by atomic mass is 32.1. The van der Waals surface area contributed by atoms with Crippen LogP contribution in [0.2, 0.25) is 0 Å². The standard InChI is InChI=1S/C20H23N5O2S/c1-13-19(14(2)27-24-13)17-9-16(21-11-22-17)8-15-4-3-6-25(7-5-15)20(26)18-10-28-12-23-18/h9-12,15H,3-8H2,1-2H3/t15-/m1/s1. The molecule has 0 aliphatic carbocycles. The van der Waals surface area contributed by atoms with Crippen LogP contribution in [0.1, 0.15) is 46.9 Å². The SMILES string of the molecule is Cc1noc(C)c1-c1cc(C[C@@H]2CCCN(C(=O)c3cscn3)CC2)ncn1. The zero-order valence-corrected chi connectivity index (χ0v) is 16.9. The van der Waals surface area contributed by atoms with Gasteiger partial charge in [0.2, 0.25) is 0 Å². The topological polar surface area (TPSA) is 85.0 Å². The summed E-state index contributed by atoms with van der Waals surface area (Å²) in [7, 11) is 0. The van der Waals surface area contributed by atoms with Gasteiger partial charge in [0.1, 0.15) is 17.8 Å². The number of hydrogen-bond acceptors (Lipinski definition) is 7. The van der Waals surface area contributed by atoms with Crippen molar-refractivity contribution in [2.45, 2.75) is 39.5 Å². The summed E-state index contributed by atoms with van der Waals surface area (Å²) < 4.78 is 5.27. The molecule has 146 valence electrons. The van der Waals surface area contributed by atoms with Crippen molar-refractivity contribution in [3.05, 3.63) is 46.1 Å². The van der Waals surface area contributed by atoms with Crippen LogP contribution in [-0.4, -0.2) is 44.0 Å². The first kappa shape index (κ1) is 18.7. The normalized spacial score (nSPS) is 17.5. The molecule has 0 saturated carbocycles. The van der Waals surface area contributed by atoms with E-state index in [-0.39, 0.29) is 5.91 Å². The maximum absolute atomic E-state index is 12.6. The highest BCUT2D eigenvalue weighted by Crippen LogP contribution is 2.27. The van der Waals surface area contributed by atoms with Crippen LogP contribution < -0.4 is 0 Å². The van der Waals surface area contributed by atoms with Gasteiger partial charge in [-0.2, -0.15) is 0 Å². The van der Waals surface area contributed by atoms with E-state index in [1.165, 1.54) is 11.3 Å². The van der Waals surface area contributed by atoms with Gasteiger partial charge < -0.3 is 9.42 Å². The molecule has 7 nitrogen and oxygen atoms in total. The van der Waals surface area contributed by atoms with Crippen molar-refractivity contribution >= 4 is 17.2 Å². The molecule has 0 radical (unpaired) electrons. The number of carbonyl (C=O) groups excluding carboxylic acids is 1. The summed E-state index contributed by atoms with van der Waals surface area (Å²) in [6, 6.07) is 2.04. The van der Waals surface area contributed by atoms with Gasteiger partial charge in [0.25, 0.3) is 5.91 Å². The molecule has 1 saturated heterocycles. The maximum Gasteiger partial charge on any atom is 0.273 e. The summed E-state index contributed by atoms with van der Waals surface area (Å²) in [6.45, 7) is 5.38. The number of carbonyl (C=O) groups is 1. The van der Waals surface area contributed by atoms with E-state index in [0.717, 1.165) is 67.2 Å². The Morgan fingerprint density at radius 2 is 2.14 bits per heavy atom. The molecule has 1 fully saturated rings. The molecule has 0 aromatic carbocycles. The zero-order valence-electron chi connectivity index (χ0n) is 16.1. The van der Waals surface area contributed by atoms with Gasteiger partial charge >= 0.3 is 0 Å². The fourth-order valence-electron chi connectivity index (χ4n) is 3.84. The Labute approximate surface area is 167 Å². The lowest BCUT2D eigenvalue weighted by Gasteiger charge is -2.19. The Balaban J connectivity index is 1.43. The predicted octanol–water partition coefficient (Wildman–Crippen LogP) is 3.69. The summed E-state index contributed by atoms with van der Waals surface area (Å²) in [6.07, 6.45) is 5.57. The molecule has 0 N–H and O–H groups in total. The second-order valence-electron chi connectivity index (χ2n) is 7.26. The third kappa shape index (κ3) is 3.96. The number of thiazole rings is 1. The van der Waals surface area contributed by atoms with E-state index in [1.54, 1.807) is 11.8 Å². The number of aromatic nitrogens is 4. The van der Waals surface area contributed by atoms with E-state index < -0.39 is 0 Å². The van der Waals surface area contributed by atoms with Crippen LogP contribution in [0.5, 0.6) is 0 Å². The van der Waals surface area contributed by atoms with E-state index in [9.17, 15) is 4.79 Å². The molecule has 1 aliphatic rings. The molecule has 0 bridgehead atoms. The van der Waals surface area contributed by atoms with Crippen molar-refractivity contribution in [3.63, 3.8) is 0 Å². The van der Waals surface area contributed by atoms with Gasteiger partial charge in [-0.25, -0.2) is 15.0 Å². The Morgan fingerprint density at radius 3 is 2.89 bits per heavy atom. The van der Waals surface area contributed by atoms with Gasteiger partial charge in [-0.3, -0.25) is 4.79 Å². The molecule has 4 heterocycles. The van der Waals surface area contributed by atoms with Crippen LogP contribution in [0.15, 0.2) is 27.8 Å². The predicted molar refractivity (Wildman–Crippen MR) is 106 cm³/mol. The number of hydrogen-bond donors (Lipinski definition) is 0. The molecule has 4 rings (SSSR count). The molecule has 8 heteroatoms. The Hall–Kier alpha value is -2.61. The van der Waals surface area contributed by atoms with E-state index in [1.807, 2.05) is 30.2 Å². The first-order valence-electron chi connectivity index (χ1n) is 9.53. The highest BCUT2D eigenvalue weighted by molar-refractivity contribution is 7.07. The number of nitrogens with zero attached hydrogens (tertiary/aromatic N) is 5. The van der Waals surface area contributed by atoms with Crippen LogP contribution in [0.4, 0.5) is 0 Å². The second kappa shape index (κ2) is 8.18. The maximum atomic E-state index is 12.6. The Morgan fingerprint density at radius 1 is 1.25 bits per heavy atom. The fraction of sp³-hybridized carbons (Fsp3) is 0.450. The van der Waals surface area contributed by atoms with Crippen molar-refractivity contribution in [1.29, 1.82) is 0 Å². The summed E-state index contributed by atoms with van der Waals surface area (Å²) in [4.78, 5) is 27.5. The minimum absolute atomic E-state index is 0.0460. The minimum Gasteiger partial charge on any atom is -0.361 e. The Bertz CT molecular complexity index is 934. The van der Waals surface area contributed by atoms with Crippen LogP contribution in [0.25, 0.3) is 11.3 Å². The van der Waals surface area contributed by atoms with E-state index >= 15 is 0 Å². The zero-order chi connectivity index (χ0) is 19.5. The van der Waals surface area contributed by atoms with Gasteiger partial charge in [0, 0.05) is 24.2 Å². The summed E-state index contributed by atoms with van der Waals surface area (Å²) in [5, 5.41) is 5.84. The van der Waals surface area contributed by atoms with Crippen molar-refractivity contribution < 1.29 is 9.32 Å². The van der Waals surface area contributed by atoms with Gasteiger partial charge in [0.05, 0.1) is 22.5 Å². The van der Waals surface area contributed by atoms with Crippen molar-refractivity contribution in [2.24, 2.45) is 5.92 Å². The fourth-order valence-corrected chi connectivity index (χ4v) is 4.37. The van der Waals surface area contributed by atoms with E-state index in [4.69, 9.17) is 4.52 Å². The van der Waals surface area contributed by atoms with Gasteiger partial charge in [-0.05, 0) is 51.5 Å². The monoisotopic (exact) mass is 397 g/mol. The molecular weight excluding hydrogens is 374 g/mol. The van der Waals surface area contributed by atoms with Crippen LogP contribution >= 0.6 is 11.3 Å². The van der Waals surface area contributed by atoms with Crippen molar-refractivity contribution in [3.8, 4) is 11.3 Å². The highest BCUT2D eigenvalue weighted by Gasteiger charge is 2.23. The Kier molecular flexibility index (Phi) is 5.47. The summed E-state index contributed by atoms with van der Waals surface area (Å²) in [5.41, 5.74) is 5.93. The lowest BCUT2D eigenvalue weighted by atomic mass is 9.94. The van der Waals surface area contributed by atoms with Gasteiger partial charge in [0.15, 0.2) is 0 Å². The summed E-state index contributed by atoms with van der Waals surface area (Å²) >= 11 is 1.46. The lowest BCUT2D eigenvalue weighted by molar-refractivity contribution is 0.0755. The van der Waals surface area contributed by atoms with Crippen LogP contribution in [0.3, 0.4) is 0 Å². The number of aryl methyl sites for hydroxylation is 2. The second-order valence-corrected chi connectivity index (χ2v) is 7.98. The average molecular weight is 398 g/mol. The van der Waals surface area contributed by atoms with Crippen molar-refractivity contribution in [1.82, 2.24) is 25.0 Å². The molecule has 28 heavy (non-hydrogen) atoms. The number of rotatable bonds is 4. The first-order chi connectivity index (χ1) is 13.6. The molecule has 1 amide bonds. The minimum atomic E-state index is 0.0460. The number of likely N-dealkylation sites (tertiary alicyclic amines) is 1.